The van der Waals surface area contributed by atoms with Crippen LogP contribution < -0.4 is 0 Å². The Bertz CT molecular complexity index is 1270. The first-order valence-corrected chi connectivity index (χ1v) is 28.9. The highest BCUT2D eigenvalue weighted by Crippen LogP contribution is 2.15. The molecular weight excluding hydrogens is 841 g/mol. The molecule has 1 atom stereocenters. The molecule has 0 saturated heterocycles. The van der Waals surface area contributed by atoms with Gasteiger partial charge in [-0.15, -0.1) is 0 Å². The zero-order chi connectivity index (χ0) is 49.3. The predicted molar refractivity (Wildman–Crippen MR) is 293 cm³/mol. The van der Waals surface area contributed by atoms with Crippen LogP contribution in [0, 0.1) is 0 Å². The average molecular weight is 950 g/mol. The number of carbonyl (C=O) groups excluding carboxylic acids is 3. The molecule has 0 bridgehead atoms. The van der Waals surface area contributed by atoms with E-state index in [0.717, 1.165) is 122 Å². The lowest BCUT2D eigenvalue weighted by Crippen LogP contribution is -2.30. The SMILES string of the molecule is CC/C=C\C/C=C\C/C=C\C/C=C\C/C=C\CCCCCCCC(=O)OCC(COC(=O)CCCCCCCCCCCCCCC)OC(=O)CCCCCCC/C=C\CCCCCCCCC. The summed E-state index contributed by atoms with van der Waals surface area (Å²) in [7, 11) is 0. The van der Waals surface area contributed by atoms with Gasteiger partial charge in [0.2, 0.25) is 0 Å². The van der Waals surface area contributed by atoms with Gasteiger partial charge < -0.3 is 14.2 Å². The Morgan fingerprint density at radius 3 is 0.912 bits per heavy atom. The molecule has 68 heavy (non-hydrogen) atoms. The van der Waals surface area contributed by atoms with Crippen LogP contribution in [0.4, 0.5) is 0 Å². The van der Waals surface area contributed by atoms with Gasteiger partial charge in [0.15, 0.2) is 6.10 Å². The Labute approximate surface area is 421 Å². The van der Waals surface area contributed by atoms with Gasteiger partial charge in [-0.25, -0.2) is 0 Å². The zero-order valence-corrected chi connectivity index (χ0v) is 44.9. The maximum atomic E-state index is 12.8. The van der Waals surface area contributed by atoms with Crippen LogP contribution in [0.5, 0.6) is 0 Å². The van der Waals surface area contributed by atoms with Crippen LogP contribution in [0.15, 0.2) is 72.9 Å². The molecule has 0 aromatic rings. The largest absolute Gasteiger partial charge is 0.462 e. The smallest absolute Gasteiger partial charge is 0.306 e. The van der Waals surface area contributed by atoms with E-state index in [1.165, 1.54) is 122 Å². The standard InChI is InChI=1S/C62H108O6/c1-4-7-10-13-16-19-22-25-27-29-30-31-32-33-35-37-40-43-46-49-52-55-61(64)67-58-59(57-66-60(63)54-51-48-45-42-39-36-24-21-18-15-12-9-6-3)68-62(65)56-53-50-47-44-41-38-34-28-26-23-20-17-14-11-8-5-2/h7,10,16,19,25,27-28,30-31,33-35,59H,4-6,8-9,11-15,17-18,20-24,26,29,32,36-58H2,1-3H3/b10-7-,19-16-,27-25-,31-30-,34-28-,35-33-. The van der Waals surface area contributed by atoms with Crippen molar-refractivity contribution in [1.82, 2.24) is 0 Å². The second-order valence-corrected chi connectivity index (χ2v) is 19.2. The van der Waals surface area contributed by atoms with Crippen LogP contribution in [0.3, 0.4) is 0 Å². The zero-order valence-electron chi connectivity index (χ0n) is 44.9. The van der Waals surface area contributed by atoms with Gasteiger partial charge >= 0.3 is 17.9 Å². The van der Waals surface area contributed by atoms with Crippen molar-refractivity contribution in [2.45, 2.75) is 290 Å². The molecule has 0 radical (unpaired) electrons. The fraction of sp³-hybridized carbons (Fsp3) is 0.758. The minimum atomic E-state index is -0.786. The van der Waals surface area contributed by atoms with E-state index in [0.29, 0.717) is 19.3 Å². The predicted octanol–water partition coefficient (Wildman–Crippen LogP) is 19.4. The third kappa shape index (κ3) is 53.8. The molecule has 0 N–H and O–H groups in total. The number of esters is 3. The molecule has 6 nitrogen and oxygen atoms in total. The van der Waals surface area contributed by atoms with Crippen LogP contribution in [-0.2, 0) is 28.6 Å². The molecule has 0 heterocycles. The van der Waals surface area contributed by atoms with E-state index in [9.17, 15) is 14.4 Å². The molecule has 392 valence electrons. The second-order valence-electron chi connectivity index (χ2n) is 19.2. The summed E-state index contributed by atoms with van der Waals surface area (Å²) in [6, 6.07) is 0. The molecule has 0 aliphatic heterocycles. The van der Waals surface area contributed by atoms with Crippen molar-refractivity contribution in [3.8, 4) is 0 Å². The van der Waals surface area contributed by atoms with Gasteiger partial charge in [0, 0.05) is 19.3 Å². The van der Waals surface area contributed by atoms with Crippen molar-refractivity contribution in [3.63, 3.8) is 0 Å². The molecule has 0 aromatic heterocycles. The van der Waals surface area contributed by atoms with Crippen molar-refractivity contribution >= 4 is 17.9 Å². The highest BCUT2D eigenvalue weighted by atomic mass is 16.6. The van der Waals surface area contributed by atoms with Crippen LogP contribution in [-0.4, -0.2) is 37.2 Å². The van der Waals surface area contributed by atoms with E-state index in [4.69, 9.17) is 14.2 Å². The molecule has 1 unspecified atom stereocenters. The summed E-state index contributed by atoms with van der Waals surface area (Å²) in [5.41, 5.74) is 0. The quantitative estimate of drug-likeness (QED) is 0.0262. The number of ether oxygens (including phenoxy) is 3. The van der Waals surface area contributed by atoms with Crippen molar-refractivity contribution in [2.24, 2.45) is 0 Å². The van der Waals surface area contributed by atoms with Crippen molar-refractivity contribution in [1.29, 1.82) is 0 Å². The number of carbonyl (C=O) groups is 3. The van der Waals surface area contributed by atoms with Gasteiger partial charge in [0.25, 0.3) is 0 Å². The molecule has 0 rings (SSSR count). The molecule has 0 aliphatic rings. The summed E-state index contributed by atoms with van der Waals surface area (Å²) in [5, 5.41) is 0. The van der Waals surface area contributed by atoms with Crippen LogP contribution in [0.2, 0.25) is 0 Å². The van der Waals surface area contributed by atoms with E-state index in [-0.39, 0.29) is 31.1 Å². The molecule has 0 saturated carbocycles. The topological polar surface area (TPSA) is 78.9 Å². The van der Waals surface area contributed by atoms with Crippen molar-refractivity contribution in [2.75, 3.05) is 13.2 Å². The lowest BCUT2D eigenvalue weighted by Gasteiger charge is -2.18. The summed E-state index contributed by atoms with van der Waals surface area (Å²) in [6.45, 7) is 6.52. The molecular formula is C62H108O6. The van der Waals surface area contributed by atoms with Crippen LogP contribution in [0.1, 0.15) is 284 Å². The van der Waals surface area contributed by atoms with Gasteiger partial charge in [-0.3, -0.25) is 14.4 Å². The molecule has 0 aliphatic carbocycles. The lowest BCUT2D eigenvalue weighted by molar-refractivity contribution is -0.167. The van der Waals surface area contributed by atoms with E-state index >= 15 is 0 Å². The Morgan fingerprint density at radius 2 is 0.574 bits per heavy atom. The van der Waals surface area contributed by atoms with Crippen molar-refractivity contribution in [3.05, 3.63) is 72.9 Å². The molecule has 0 aromatic carbocycles. The Kier molecular flexibility index (Phi) is 53.8. The number of allylic oxidation sites excluding steroid dienone is 12. The van der Waals surface area contributed by atoms with Gasteiger partial charge in [-0.2, -0.15) is 0 Å². The third-order valence-corrected chi connectivity index (χ3v) is 12.4. The molecule has 0 spiro atoms. The molecule has 0 amide bonds. The maximum absolute atomic E-state index is 12.8. The Balaban J connectivity index is 4.40. The Hall–Kier alpha value is -3.15. The maximum Gasteiger partial charge on any atom is 0.306 e. The van der Waals surface area contributed by atoms with Gasteiger partial charge in [0.05, 0.1) is 0 Å². The lowest BCUT2D eigenvalue weighted by atomic mass is 10.0. The normalized spacial score (nSPS) is 12.6. The summed E-state index contributed by atoms with van der Waals surface area (Å²) < 4.78 is 16.9. The Morgan fingerprint density at radius 1 is 0.309 bits per heavy atom. The van der Waals surface area contributed by atoms with E-state index < -0.39 is 6.10 Å². The van der Waals surface area contributed by atoms with Gasteiger partial charge in [-0.05, 0) is 89.9 Å². The second kappa shape index (κ2) is 56.4. The summed E-state index contributed by atoms with van der Waals surface area (Å²) >= 11 is 0. The summed E-state index contributed by atoms with van der Waals surface area (Å²) in [5.74, 6) is -0.901. The average Bonchev–Trinajstić information content (AvgIpc) is 3.34. The van der Waals surface area contributed by atoms with E-state index in [1.807, 2.05) is 0 Å². The first kappa shape index (κ1) is 64.8. The van der Waals surface area contributed by atoms with Crippen molar-refractivity contribution < 1.29 is 28.6 Å². The van der Waals surface area contributed by atoms with E-state index in [2.05, 4.69) is 93.7 Å². The highest BCUT2D eigenvalue weighted by Gasteiger charge is 2.19. The summed E-state index contributed by atoms with van der Waals surface area (Å²) in [4.78, 5) is 38.1. The highest BCUT2D eigenvalue weighted by molar-refractivity contribution is 5.71. The fourth-order valence-corrected chi connectivity index (χ4v) is 8.11. The number of hydrogen-bond acceptors (Lipinski definition) is 6. The monoisotopic (exact) mass is 949 g/mol. The fourth-order valence-electron chi connectivity index (χ4n) is 8.11. The number of unbranched alkanes of at least 4 members (excludes halogenated alkanes) is 29. The summed E-state index contributed by atoms with van der Waals surface area (Å²) in [6.07, 6.45) is 71.7. The van der Waals surface area contributed by atoms with E-state index in [1.54, 1.807) is 0 Å². The number of rotatable bonds is 52. The minimum absolute atomic E-state index is 0.0827. The van der Waals surface area contributed by atoms with Crippen LogP contribution in [0.25, 0.3) is 0 Å². The first-order chi connectivity index (χ1) is 33.5. The van der Waals surface area contributed by atoms with Gasteiger partial charge in [0.1, 0.15) is 13.2 Å². The minimum Gasteiger partial charge on any atom is -0.462 e. The number of hydrogen-bond donors (Lipinski definition) is 0. The third-order valence-electron chi connectivity index (χ3n) is 12.4. The molecule has 0 fully saturated rings. The molecule has 6 heteroatoms. The van der Waals surface area contributed by atoms with Gasteiger partial charge in [-0.1, -0.05) is 248 Å². The first-order valence-electron chi connectivity index (χ1n) is 28.9. The van der Waals surface area contributed by atoms with Crippen LogP contribution >= 0.6 is 0 Å².